The van der Waals surface area contributed by atoms with Crippen LogP contribution in [0, 0.1) is 11.8 Å². The number of benzene rings is 1. The number of halogens is 1. The van der Waals surface area contributed by atoms with Crippen LogP contribution in [-0.4, -0.2) is 93.5 Å². The Morgan fingerprint density at radius 2 is 1.91 bits per heavy atom. The molecule has 250 valence electrons. The molecule has 1 aromatic rings. The highest BCUT2D eigenvalue weighted by Gasteiger charge is 2.77. The molecule has 5 rings (SSSR count). The van der Waals surface area contributed by atoms with Gasteiger partial charge >= 0.3 is 5.97 Å². The number of likely N-dealkylation sites (tertiary alicyclic amines) is 1. The van der Waals surface area contributed by atoms with E-state index in [2.05, 4.69) is 34.4 Å². The van der Waals surface area contributed by atoms with Crippen molar-refractivity contribution in [1.29, 1.82) is 0 Å². The number of nitrogens with one attached hydrogen (secondary N) is 1. The fraction of sp³-hybridized carbons (Fsp3) is 0.600. The summed E-state index contributed by atoms with van der Waals surface area (Å²) in [5, 5.41) is 12.6. The van der Waals surface area contributed by atoms with Gasteiger partial charge in [-0.15, -0.1) is 13.2 Å². The second kappa shape index (κ2) is 15.3. The Kier molecular flexibility index (Phi) is 11.4. The van der Waals surface area contributed by atoms with Crippen molar-refractivity contribution in [2.24, 2.45) is 11.8 Å². The summed E-state index contributed by atoms with van der Waals surface area (Å²) in [7, 11) is 0. The molecule has 2 N–H and O–H groups in total. The lowest BCUT2D eigenvalue weighted by atomic mass is 9.70. The van der Waals surface area contributed by atoms with Gasteiger partial charge in [-0.05, 0) is 37.7 Å². The number of amides is 3. The number of nitrogens with zero attached hydrogens (tertiary/aromatic N) is 2. The third-order valence-corrected chi connectivity index (χ3v) is 10.8. The Morgan fingerprint density at radius 1 is 1.17 bits per heavy atom. The summed E-state index contributed by atoms with van der Waals surface area (Å²) >= 11 is 3.73. The summed E-state index contributed by atoms with van der Waals surface area (Å²) < 4.78 is 12.8. The topological polar surface area (TPSA) is 125 Å². The summed E-state index contributed by atoms with van der Waals surface area (Å²) in [4.78, 5) is 58.6. The largest absolute Gasteiger partial charge is 0.455 e. The predicted molar refractivity (Wildman–Crippen MR) is 176 cm³/mol. The van der Waals surface area contributed by atoms with Crippen LogP contribution in [0.5, 0.6) is 0 Å². The number of carbonyl (C=O) groups excluding carboxylic acids is 4. The summed E-state index contributed by atoms with van der Waals surface area (Å²) in [5.74, 6) is -3.18. The van der Waals surface area contributed by atoms with Gasteiger partial charge in [0, 0.05) is 37.0 Å². The number of fused-ring (bicyclic) bond motifs is 1. The van der Waals surface area contributed by atoms with Crippen molar-refractivity contribution in [2.75, 3.05) is 26.2 Å². The van der Waals surface area contributed by atoms with Crippen molar-refractivity contribution in [3.05, 3.63) is 61.2 Å². The van der Waals surface area contributed by atoms with E-state index in [9.17, 15) is 24.3 Å². The van der Waals surface area contributed by atoms with Crippen LogP contribution in [0.1, 0.15) is 69.5 Å². The Bertz CT molecular complexity index is 1290. The van der Waals surface area contributed by atoms with Gasteiger partial charge in [0.25, 0.3) is 0 Å². The van der Waals surface area contributed by atoms with Crippen LogP contribution in [0.3, 0.4) is 0 Å². The van der Waals surface area contributed by atoms with E-state index < -0.39 is 41.7 Å². The number of aliphatic hydroxyl groups is 1. The van der Waals surface area contributed by atoms with E-state index in [1.165, 1.54) is 4.90 Å². The first kappa shape index (κ1) is 34.3. The van der Waals surface area contributed by atoms with Crippen molar-refractivity contribution in [3.8, 4) is 0 Å². The first-order valence-corrected chi connectivity index (χ1v) is 17.5. The Morgan fingerprint density at radius 3 is 2.59 bits per heavy atom. The minimum atomic E-state index is -1.22. The molecule has 3 saturated heterocycles. The van der Waals surface area contributed by atoms with Crippen LogP contribution in [-0.2, 0) is 28.7 Å². The number of alkyl halides is 1. The zero-order chi connectivity index (χ0) is 32.8. The average Bonchev–Trinajstić information content (AvgIpc) is 3.66. The molecule has 4 aliphatic rings. The van der Waals surface area contributed by atoms with Gasteiger partial charge in [-0.1, -0.05) is 77.7 Å². The van der Waals surface area contributed by atoms with Crippen molar-refractivity contribution < 1.29 is 33.8 Å². The lowest BCUT2D eigenvalue weighted by Gasteiger charge is -2.41. The van der Waals surface area contributed by atoms with Gasteiger partial charge in [0.2, 0.25) is 17.7 Å². The zero-order valence-corrected chi connectivity index (χ0v) is 27.9. The van der Waals surface area contributed by atoms with E-state index in [-0.39, 0.29) is 54.7 Å². The van der Waals surface area contributed by atoms with Gasteiger partial charge < -0.3 is 29.7 Å². The standard InChI is InChI=1S/C35H46BrN3O7/c1-3-5-17-27(41)37-22-26(23-13-8-6-9-14-23)45-34(44)28-29-32(42)39(19-12-20-40)31(35(29)21-25(36)30(28)46-35)33(43)38(18-4-2)24-15-10-7-11-16-24/h3-4,6,8-9,13-14,24-26,28-31,40H,1-2,5,7,10-12,15-22H2,(H,37,41)/t25?,26-,28+,29-,30+,31+,35-/m0/s1. The van der Waals surface area contributed by atoms with E-state index in [0.717, 1.165) is 32.1 Å². The molecule has 1 unspecified atom stereocenters. The number of hydrogen-bond acceptors (Lipinski definition) is 7. The molecule has 7 atom stereocenters. The molecule has 3 aliphatic heterocycles. The Hall–Kier alpha value is -3.02. The van der Waals surface area contributed by atoms with Gasteiger partial charge in [-0.2, -0.15) is 0 Å². The first-order valence-electron chi connectivity index (χ1n) is 16.5. The molecule has 11 heteroatoms. The SMILES string of the molecule is C=CCCC(=O)NC[C@H](OC(=O)[C@H]1[C@@H]2O[C@@]3(CC2Br)[C@@H]1C(=O)N(CCCO)[C@@H]3C(=O)N(CC=C)C1CCCCC1)c1ccccc1. The number of hydrogen-bond donors (Lipinski definition) is 2. The lowest BCUT2D eigenvalue weighted by Crippen LogP contribution is -2.58. The number of allylic oxidation sites excluding steroid dienone is 1. The van der Waals surface area contributed by atoms with Gasteiger partial charge in [-0.3, -0.25) is 19.2 Å². The van der Waals surface area contributed by atoms with Crippen LogP contribution < -0.4 is 5.32 Å². The van der Waals surface area contributed by atoms with Crippen molar-refractivity contribution in [2.45, 2.75) is 92.5 Å². The molecule has 10 nitrogen and oxygen atoms in total. The average molecular weight is 701 g/mol. The minimum Gasteiger partial charge on any atom is -0.455 e. The minimum absolute atomic E-state index is 0.0388. The van der Waals surface area contributed by atoms with Crippen molar-refractivity contribution >= 4 is 39.6 Å². The molecular formula is C35H46BrN3O7. The molecule has 1 aliphatic carbocycles. The summed E-state index contributed by atoms with van der Waals surface area (Å²) in [6.07, 6.45) is 8.37. The Labute approximate surface area is 279 Å². The van der Waals surface area contributed by atoms with Crippen LogP contribution in [0.15, 0.2) is 55.6 Å². The molecule has 1 spiro atoms. The highest BCUT2D eigenvalue weighted by atomic mass is 79.9. The quantitative estimate of drug-likeness (QED) is 0.162. The van der Waals surface area contributed by atoms with Crippen LogP contribution >= 0.6 is 15.9 Å². The van der Waals surface area contributed by atoms with Crippen LogP contribution in [0.4, 0.5) is 0 Å². The predicted octanol–water partition coefficient (Wildman–Crippen LogP) is 3.83. The maximum Gasteiger partial charge on any atom is 0.313 e. The molecule has 1 saturated carbocycles. The summed E-state index contributed by atoms with van der Waals surface area (Å²) in [6, 6.07) is 8.27. The molecule has 3 heterocycles. The van der Waals surface area contributed by atoms with Crippen molar-refractivity contribution in [1.82, 2.24) is 15.1 Å². The molecular weight excluding hydrogens is 654 g/mol. The van der Waals surface area contributed by atoms with Gasteiger partial charge in [0.1, 0.15) is 17.7 Å². The number of rotatable bonds is 15. The van der Waals surface area contributed by atoms with Gasteiger partial charge in [0.15, 0.2) is 0 Å². The molecule has 3 amide bonds. The lowest BCUT2D eigenvalue weighted by molar-refractivity contribution is -0.160. The molecule has 0 aromatic heterocycles. The number of aliphatic hydroxyl groups excluding tert-OH is 1. The summed E-state index contributed by atoms with van der Waals surface area (Å²) in [5.41, 5.74) is -0.515. The van der Waals surface area contributed by atoms with E-state index in [1.54, 1.807) is 12.2 Å². The van der Waals surface area contributed by atoms with Crippen LogP contribution in [0.2, 0.25) is 0 Å². The molecule has 1 aromatic carbocycles. The van der Waals surface area contributed by atoms with E-state index in [4.69, 9.17) is 9.47 Å². The molecule has 2 bridgehead atoms. The second-order valence-electron chi connectivity index (χ2n) is 12.8. The maximum atomic E-state index is 14.6. The normalized spacial score (nSPS) is 29.2. The van der Waals surface area contributed by atoms with Gasteiger partial charge in [0.05, 0.1) is 24.5 Å². The first-order chi connectivity index (χ1) is 22.3. The highest BCUT2D eigenvalue weighted by Crippen LogP contribution is 2.60. The smallest absolute Gasteiger partial charge is 0.313 e. The van der Waals surface area contributed by atoms with Crippen LogP contribution in [0.25, 0.3) is 0 Å². The van der Waals surface area contributed by atoms with E-state index >= 15 is 0 Å². The highest BCUT2D eigenvalue weighted by molar-refractivity contribution is 9.09. The second-order valence-corrected chi connectivity index (χ2v) is 14.0. The fourth-order valence-corrected chi connectivity index (χ4v) is 8.85. The van der Waals surface area contributed by atoms with Crippen molar-refractivity contribution in [3.63, 3.8) is 0 Å². The monoisotopic (exact) mass is 699 g/mol. The number of esters is 1. The summed E-state index contributed by atoms with van der Waals surface area (Å²) in [6.45, 7) is 8.00. The van der Waals surface area contributed by atoms with E-state index in [1.807, 2.05) is 35.2 Å². The fourth-order valence-electron chi connectivity index (χ4n) is 7.91. The van der Waals surface area contributed by atoms with E-state index in [0.29, 0.717) is 31.4 Å². The number of ether oxygens (including phenoxy) is 2. The number of carbonyl (C=O) groups is 4. The third kappa shape index (κ3) is 6.69. The third-order valence-electron chi connectivity index (χ3n) is 9.97. The zero-order valence-electron chi connectivity index (χ0n) is 26.4. The van der Waals surface area contributed by atoms with Gasteiger partial charge in [-0.25, -0.2) is 0 Å². The molecule has 4 fully saturated rings. The molecule has 46 heavy (non-hydrogen) atoms. The Balaban J connectivity index is 1.44. The molecule has 0 radical (unpaired) electrons. The maximum absolute atomic E-state index is 14.6.